The quantitative estimate of drug-likeness (QED) is 0.808. The first-order valence-electron chi connectivity index (χ1n) is 5.02. The molecule has 0 saturated heterocycles. The van der Waals surface area contributed by atoms with E-state index < -0.39 is 5.97 Å². The highest BCUT2D eigenvalue weighted by molar-refractivity contribution is 6.00. The lowest BCUT2D eigenvalue weighted by Crippen LogP contribution is -1.96. The van der Waals surface area contributed by atoms with Gasteiger partial charge in [0, 0.05) is 12.0 Å². The topological polar surface area (TPSA) is 83.6 Å². The molecule has 1 saturated carbocycles. The van der Waals surface area contributed by atoms with Gasteiger partial charge in [0.1, 0.15) is 16.8 Å². The van der Waals surface area contributed by atoms with Crippen LogP contribution < -0.4 is 0 Å². The van der Waals surface area contributed by atoms with Crippen LogP contribution in [0.3, 0.4) is 0 Å². The van der Waals surface area contributed by atoms with Crippen molar-refractivity contribution < 1.29 is 19.4 Å². The molecular formula is C11H9NO4. The van der Waals surface area contributed by atoms with Crippen LogP contribution in [0.5, 0.6) is 5.75 Å². The summed E-state index contributed by atoms with van der Waals surface area (Å²) in [5, 5.41) is 18.4. The van der Waals surface area contributed by atoms with E-state index in [1.807, 2.05) is 0 Å². The number of aromatic hydroxyl groups is 1. The molecule has 1 aromatic heterocycles. The fourth-order valence-corrected chi connectivity index (χ4v) is 1.70. The van der Waals surface area contributed by atoms with Gasteiger partial charge in [-0.2, -0.15) is 0 Å². The molecule has 1 fully saturated rings. The summed E-state index contributed by atoms with van der Waals surface area (Å²) in [6.07, 6.45) is 2.06. The third-order valence-corrected chi connectivity index (χ3v) is 2.65. The van der Waals surface area contributed by atoms with Gasteiger partial charge in [-0.15, -0.1) is 0 Å². The maximum atomic E-state index is 11.0. The molecule has 82 valence electrons. The van der Waals surface area contributed by atoms with Crippen LogP contribution in [0.4, 0.5) is 0 Å². The Morgan fingerprint density at radius 1 is 1.44 bits per heavy atom. The number of benzene rings is 1. The number of carbonyl (C=O) groups is 1. The van der Waals surface area contributed by atoms with Crippen molar-refractivity contribution in [1.29, 1.82) is 0 Å². The lowest BCUT2D eigenvalue weighted by Gasteiger charge is -1.96. The van der Waals surface area contributed by atoms with E-state index in [9.17, 15) is 9.90 Å². The Bertz CT molecular complexity index is 583. The van der Waals surface area contributed by atoms with Gasteiger partial charge in [0.15, 0.2) is 11.5 Å². The van der Waals surface area contributed by atoms with Gasteiger partial charge in [-0.3, -0.25) is 0 Å². The van der Waals surface area contributed by atoms with Crippen LogP contribution in [-0.2, 0) is 0 Å². The van der Waals surface area contributed by atoms with Gasteiger partial charge in [0.25, 0.3) is 0 Å². The number of carboxylic acid groups (broad SMARTS) is 1. The number of aromatic carboxylic acids is 1. The van der Waals surface area contributed by atoms with Gasteiger partial charge in [0.05, 0.1) is 0 Å². The predicted octanol–water partition coefficient (Wildman–Crippen LogP) is 2.11. The molecule has 2 N–H and O–H groups in total. The van der Waals surface area contributed by atoms with Crippen molar-refractivity contribution in [3.63, 3.8) is 0 Å². The zero-order chi connectivity index (χ0) is 11.3. The first kappa shape index (κ1) is 9.21. The summed E-state index contributed by atoms with van der Waals surface area (Å²) in [5.74, 6) is -0.348. The second-order valence-electron chi connectivity index (χ2n) is 3.97. The third-order valence-electron chi connectivity index (χ3n) is 2.65. The Balaban J connectivity index is 2.27. The molecule has 16 heavy (non-hydrogen) atoms. The molecule has 0 amide bonds. The predicted molar refractivity (Wildman–Crippen MR) is 54.6 cm³/mol. The van der Waals surface area contributed by atoms with E-state index in [4.69, 9.17) is 9.52 Å². The standard InChI is InChI=1S/C11H9NO4/c13-6-3-7(11(14)15)9-8(4-6)12-10(16-9)5-1-2-5/h3-5,13H,1-2H2,(H,14,15). The van der Waals surface area contributed by atoms with Crippen molar-refractivity contribution in [3.8, 4) is 5.75 Å². The summed E-state index contributed by atoms with van der Waals surface area (Å²) in [4.78, 5) is 15.2. The van der Waals surface area contributed by atoms with Crippen LogP contribution >= 0.6 is 0 Å². The van der Waals surface area contributed by atoms with Gasteiger partial charge in [0.2, 0.25) is 0 Å². The van der Waals surface area contributed by atoms with Crippen LogP contribution in [0.2, 0.25) is 0 Å². The van der Waals surface area contributed by atoms with Gasteiger partial charge in [-0.1, -0.05) is 0 Å². The van der Waals surface area contributed by atoms with Gasteiger partial charge in [-0.05, 0) is 18.9 Å². The summed E-state index contributed by atoms with van der Waals surface area (Å²) >= 11 is 0. The van der Waals surface area contributed by atoms with E-state index in [0.29, 0.717) is 17.3 Å². The zero-order valence-corrected chi connectivity index (χ0v) is 8.30. The summed E-state index contributed by atoms with van der Waals surface area (Å²) in [7, 11) is 0. The maximum Gasteiger partial charge on any atom is 0.339 e. The molecule has 0 bridgehead atoms. The second-order valence-corrected chi connectivity index (χ2v) is 3.97. The van der Waals surface area contributed by atoms with Gasteiger partial charge >= 0.3 is 5.97 Å². The molecule has 0 atom stereocenters. The molecule has 0 spiro atoms. The number of rotatable bonds is 2. The molecule has 1 aromatic carbocycles. The normalized spacial score (nSPS) is 15.5. The largest absolute Gasteiger partial charge is 0.508 e. The van der Waals surface area contributed by atoms with Crippen molar-refractivity contribution in [2.75, 3.05) is 0 Å². The second kappa shape index (κ2) is 2.98. The molecule has 2 aromatic rings. The van der Waals surface area contributed by atoms with Gasteiger partial charge < -0.3 is 14.6 Å². The van der Waals surface area contributed by atoms with E-state index >= 15 is 0 Å². The fourth-order valence-electron chi connectivity index (χ4n) is 1.70. The van der Waals surface area contributed by atoms with Crippen LogP contribution in [0.1, 0.15) is 35.0 Å². The van der Waals surface area contributed by atoms with Crippen molar-refractivity contribution in [3.05, 3.63) is 23.6 Å². The molecule has 1 heterocycles. The highest BCUT2D eigenvalue weighted by atomic mass is 16.4. The molecule has 1 aliphatic rings. The van der Waals surface area contributed by atoms with Crippen molar-refractivity contribution in [1.82, 2.24) is 4.98 Å². The number of phenolic OH excluding ortho intramolecular Hbond substituents is 1. The molecule has 0 unspecified atom stereocenters. The number of carboxylic acids is 1. The average Bonchev–Trinajstić information content (AvgIpc) is 2.98. The lowest BCUT2D eigenvalue weighted by molar-refractivity contribution is 0.0697. The van der Waals surface area contributed by atoms with E-state index in [1.165, 1.54) is 12.1 Å². The van der Waals surface area contributed by atoms with Crippen LogP contribution in [0.15, 0.2) is 16.5 Å². The van der Waals surface area contributed by atoms with Crippen LogP contribution in [0, 0.1) is 0 Å². The minimum absolute atomic E-state index is 0.0469. The van der Waals surface area contributed by atoms with Crippen molar-refractivity contribution in [2.45, 2.75) is 18.8 Å². The number of fused-ring (bicyclic) bond motifs is 1. The molecule has 5 heteroatoms. The summed E-state index contributed by atoms with van der Waals surface area (Å²) < 4.78 is 5.44. The molecule has 0 radical (unpaired) electrons. The average molecular weight is 219 g/mol. The van der Waals surface area contributed by atoms with Crippen molar-refractivity contribution in [2.24, 2.45) is 0 Å². The first-order valence-corrected chi connectivity index (χ1v) is 5.02. The van der Waals surface area contributed by atoms with E-state index in [2.05, 4.69) is 4.98 Å². The first-order chi connectivity index (χ1) is 7.65. The molecular weight excluding hydrogens is 210 g/mol. The summed E-state index contributed by atoms with van der Waals surface area (Å²) in [6, 6.07) is 2.59. The molecule has 1 aliphatic carbocycles. The number of aromatic nitrogens is 1. The number of oxazole rings is 1. The minimum Gasteiger partial charge on any atom is -0.508 e. The Morgan fingerprint density at radius 3 is 2.81 bits per heavy atom. The highest BCUT2D eigenvalue weighted by Gasteiger charge is 2.30. The number of hydrogen-bond donors (Lipinski definition) is 2. The summed E-state index contributed by atoms with van der Waals surface area (Å²) in [6.45, 7) is 0. The van der Waals surface area contributed by atoms with E-state index in [0.717, 1.165) is 12.8 Å². The molecule has 5 nitrogen and oxygen atoms in total. The van der Waals surface area contributed by atoms with Crippen molar-refractivity contribution >= 4 is 17.1 Å². The SMILES string of the molecule is O=C(O)c1cc(O)cc2nc(C3CC3)oc12. The van der Waals surface area contributed by atoms with Gasteiger partial charge in [-0.25, -0.2) is 9.78 Å². The Morgan fingerprint density at radius 2 is 2.19 bits per heavy atom. The molecule has 0 aliphatic heterocycles. The highest BCUT2D eigenvalue weighted by Crippen LogP contribution is 2.41. The maximum absolute atomic E-state index is 11.0. The van der Waals surface area contributed by atoms with E-state index in [-0.39, 0.29) is 16.9 Å². The van der Waals surface area contributed by atoms with Crippen LogP contribution in [-0.4, -0.2) is 21.2 Å². The zero-order valence-electron chi connectivity index (χ0n) is 8.30. The Kier molecular flexibility index (Phi) is 1.71. The Labute approximate surface area is 90.3 Å². The number of hydrogen-bond acceptors (Lipinski definition) is 4. The van der Waals surface area contributed by atoms with E-state index in [1.54, 1.807) is 0 Å². The summed E-state index contributed by atoms with van der Waals surface area (Å²) in [5.41, 5.74) is 0.598. The third kappa shape index (κ3) is 1.32. The Hall–Kier alpha value is -2.04. The van der Waals surface area contributed by atoms with Crippen LogP contribution in [0.25, 0.3) is 11.1 Å². The monoisotopic (exact) mass is 219 g/mol. The molecule has 3 rings (SSSR count). The number of nitrogens with zero attached hydrogens (tertiary/aromatic N) is 1. The lowest BCUT2D eigenvalue weighted by atomic mass is 10.2. The smallest absolute Gasteiger partial charge is 0.339 e. The number of phenols is 1. The minimum atomic E-state index is -1.13. The fraction of sp³-hybridized carbons (Fsp3) is 0.273.